The number of carbonyl (C=O) groups is 2. The van der Waals surface area contributed by atoms with Crippen LogP contribution in [-0.2, 0) is 16.1 Å². The van der Waals surface area contributed by atoms with Crippen LogP contribution in [0.1, 0.15) is 86.4 Å². The fourth-order valence-electron chi connectivity index (χ4n) is 4.84. The van der Waals surface area contributed by atoms with Gasteiger partial charge in [0.1, 0.15) is 11.6 Å². The normalized spacial score (nSPS) is 16.4. The molecule has 0 radical (unpaired) electrons. The van der Waals surface area contributed by atoms with Crippen molar-refractivity contribution in [3.05, 3.63) is 58.2 Å². The molecule has 3 heterocycles. The number of nitrogens with zero attached hydrogens (tertiary/aromatic N) is 4. The summed E-state index contributed by atoms with van der Waals surface area (Å²) in [4.78, 5) is 32.4. The monoisotopic (exact) mass is 539 g/mol. The van der Waals surface area contributed by atoms with Gasteiger partial charge in [0, 0.05) is 31.4 Å². The number of amides is 1. The second-order valence-electron chi connectivity index (χ2n) is 12.1. The lowest BCUT2D eigenvalue weighted by molar-refractivity contribution is -0.160. The SMILES string of the molecule is Cc1cc(CNC(=O)c2cc3nc(C)c([C@H](OC(C)(C)C)C(=O)O)c(N4CCC(C)(C)CC4)n3n2)ccc1F. The Balaban J connectivity index is 1.76. The molecule has 4 rings (SSSR count). The van der Waals surface area contributed by atoms with Gasteiger partial charge in [-0.15, -0.1) is 0 Å². The Morgan fingerprint density at radius 3 is 2.44 bits per heavy atom. The highest BCUT2D eigenvalue weighted by Crippen LogP contribution is 2.38. The van der Waals surface area contributed by atoms with Crippen molar-refractivity contribution >= 4 is 23.3 Å². The lowest BCUT2D eigenvalue weighted by Gasteiger charge is -2.39. The number of piperidine rings is 1. The van der Waals surface area contributed by atoms with Gasteiger partial charge in [0.05, 0.1) is 11.2 Å². The average molecular weight is 540 g/mol. The van der Waals surface area contributed by atoms with E-state index in [1.165, 1.54) is 6.07 Å². The molecular weight excluding hydrogens is 501 g/mol. The molecule has 0 bridgehead atoms. The topological polar surface area (TPSA) is 109 Å². The zero-order valence-corrected chi connectivity index (χ0v) is 23.8. The summed E-state index contributed by atoms with van der Waals surface area (Å²) in [6.45, 7) is 14.9. The van der Waals surface area contributed by atoms with Crippen LogP contribution in [0.3, 0.4) is 0 Å². The third-order valence-corrected chi connectivity index (χ3v) is 7.09. The molecule has 1 amide bonds. The molecule has 0 saturated carbocycles. The maximum atomic E-state index is 13.6. The van der Waals surface area contributed by atoms with Gasteiger partial charge in [-0.25, -0.2) is 14.2 Å². The lowest BCUT2D eigenvalue weighted by atomic mass is 9.82. The Morgan fingerprint density at radius 2 is 1.85 bits per heavy atom. The van der Waals surface area contributed by atoms with Crippen LogP contribution in [0.5, 0.6) is 0 Å². The minimum absolute atomic E-state index is 0.153. The number of carboxylic acids is 1. The number of fused-ring (bicyclic) bond motifs is 1. The molecule has 1 atom stereocenters. The van der Waals surface area contributed by atoms with E-state index in [0.717, 1.165) is 18.4 Å². The van der Waals surface area contributed by atoms with Gasteiger partial charge in [0.25, 0.3) is 5.91 Å². The van der Waals surface area contributed by atoms with Crippen molar-refractivity contribution in [3.8, 4) is 0 Å². The Bertz CT molecular complexity index is 1400. The van der Waals surface area contributed by atoms with E-state index in [9.17, 15) is 19.1 Å². The van der Waals surface area contributed by atoms with Crippen molar-refractivity contribution in [2.75, 3.05) is 18.0 Å². The number of aliphatic carboxylic acids is 1. The van der Waals surface area contributed by atoms with Crippen molar-refractivity contribution in [1.82, 2.24) is 19.9 Å². The van der Waals surface area contributed by atoms with Gasteiger partial charge in [0.2, 0.25) is 0 Å². The Kier molecular flexibility index (Phi) is 7.71. The zero-order chi connectivity index (χ0) is 28.7. The van der Waals surface area contributed by atoms with Crippen molar-refractivity contribution in [2.24, 2.45) is 5.41 Å². The quantitative estimate of drug-likeness (QED) is 0.436. The van der Waals surface area contributed by atoms with Crippen LogP contribution in [0.25, 0.3) is 5.65 Å². The standard InChI is InChI=1S/C29H38FN5O4/c1-17-14-19(8-9-20(17)30)16-31-25(36)21-15-22-32-18(2)23(24(27(37)38)39-28(3,4)5)26(35(22)33-21)34-12-10-29(6,7)11-13-34/h8-9,14-15,24H,10-13,16H2,1-7H3,(H,31,36)(H,37,38)/t24-/m0/s1. The van der Waals surface area contributed by atoms with Crippen molar-refractivity contribution in [2.45, 2.75) is 79.6 Å². The molecular formula is C29H38FN5O4. The molecule has 1 fully saturated rings. The highest BCUT2D eigenvalue weighted by molar-refractivity contribution is 5.93. The third kappa shape index (κ3) is 6.38. The van der Waals surface area contributed by atoms with Crippen LogP contribution in [0.4, 0.5) is 10.2 Å². The number of carboxylic acid groups (broad SMARTS) is 1. The maximum Gasteiger partial charge on any atom is 0.337 e. The molecule has 3 aromatic rings. The smallest absolute Gasteiger partial charge is 0.337 e. The summed E-state index contributed by atoms with van der Waals surface area (Å²) >= 11 is 0. The summed E-state index contributed by atoms with van der Waals surface area (Å²) < 4.78 is 21.2. The number of carbonyl (C=O) groups excluding carboxylic acids is 1. The molecule has 2 N–H and O–H groups in total. The van der Waals surface area contributed by atoms with Crippen LogP contribution in [0.2, 0.25) is 0 Å². The first-order valence-corrected chi connectivity index (χ1v) is 13.2. The zero-order valence-electron chi connectivity index (χ0n) is 23.8. The minimum atomic E-state index is -1.27. The first-order valence-electron chi connectivity index (χ1n) is 13.2. The summed E-state index contributed by atoms with van der Waals surface area (Å²) in [5.41, 5.74) is 2.25. The van der Waals surface area contributed by atoms with Crippen molar-refractivity contribution in [1.29, 1.82) is 0 Å². The number of hydrogen-bond donors (Lipinski definition) is 2. The van der Waals surface area contributed by atoms with E-state index in [1.54, 1.807) is 36.6 Å². The van der Waals surface area contributed by atoms with Gasteiger partial charge in [-0.05, 0) is 70.1 Å². The number of ether oxygens (including phenoxy) is 1. The van der Waals surface area contributed by atoms with Gasteiger partial charge in [-0.2, -0.15) is 9.61 Å². The van der Waals surface area contributed by atoms with Crippen molar-refractivity contribution in [3.63, 3.8) is 0 Å². The molecule has 10 heteroatoms. The molecule has 1 saturated heterocycles. The second kappa shape index (κ2) is 10.6. The number of rotatable bonds is 7. The maximum absolute atomic E-state index is 13.6. The highest BCUT2D eigenvalue weighted by atomic mass is 19.1. The fraction of sp³-hybridized carbons (Fsp3) is 0.517. The summed E-state index contributed by atoms with van der Waals surface area (Å²) in [7, 11) is 0. The predicted molar refractivity (Wildman–Crippen MR) is 146 cm³/mol. The highest BCUT2D eigenvalue weighted by Gasteiger charge is 2.36. The van der Waals surface area contributed by atoms with E-state index in [2.05, 4.69) is 34.1 Å². The molecule has 1 aliphatic heterocycles. The Morgan fingerprint density at radius 1 is 1.18 bits per heavy atom. The van der Waals surface area contributed by atoms with E-state index in [-0.39, 0.29) is 23.5 Å². The van der Waals surface area contributed by atoms with Gasteiger partial charge < -0.3 is 20.1 Å². The summed E-state index contributed by atoms with van der Waals surface area (Å²) in [5.74, 6) is -1.25. The molecule has 0 spiro atoms. The number of nitrogens with one attached hydrogen (secondary N) is 1. The Labute approximate surface area is 228 Å². The first kappa shape index (κ1) is 28.5. The molecule has 1 aromatic carbocycles. The van der Waals surface area contributed by atoms with Crippen LogP contribution in [-0.4, -0.2) is 50.3 Å². The van der Waals surface area contributed by atoms with E-state index in [0.29, 0.717) is 41.4 Å². The molecule has 210 valence electrons. The van der Waals surface area contributed by atoms with Crippen LogP contribution >= 0.6 is 0 Å². The molecule has 2 aromatic heterocycles. The lowest BCUT2D eigenvalue weighted by Crippen LogP contribution is -2.40. The van der Waals surface area contributed by atoms with Crippen LogP contribution in [0, 0.1) is 25.1 Å². The molecule has 0 aliphatic carbocycles. The van der Waals surface area contributed by atoms with Crippen LogP contribution < -0.4 is 10.2 Å². The molecule has 9 nitrogen and oxygen atoms in total. The van der Waals surface area contributed by atoms with Gasteiger partial charge in [-0.1, -0.05) is 26.0 Å². The number of aryl methyl sites for hydroxylation is 2. The summed E-state index contributed by atoms with van der Waals surface area (Å²) in [6, 6.07) is 6.29. The summed E-state index contributed by atoms with van der Waals surface area (Å²) in [6.07, 6.45) is 0.563. The van der Waals surface area contributed by atoms with E-state index < -0.39 is 23.6 Å². The summed E-state index contributed by atoms with van der Waals surface area (Å²) in [5, 5.41) is 17.6. The molecule has 39 heavy (non-hydrogen) atoms. The van der Waals surface area contributed by atoms with Gasteiger partial charge in [0.15, 0.2) is 17.4 Å². The number of halogens is 1. The van der Waals surface area contributed by atoms with E-state index >= 15 is 0 Å². The number of benzene rings is 1. The van der Waals surface area contributed by atoms with Crippen molar-refractivity contribution < 1.29 is 23.8 Å². The van der Waals surface area contributed by atoms with E-state index in [1.807, 2.05) is 20.8 Å². The fourth-order valence-corrected chi connectivity index (χ4v) is 4.84. The first-order chi connectivity index (χ1) is 18.1. The Hall–Kier alpha value is -3.53. The number of hydrogen-bond acceptors (Lipinski definition) is 6. The van der Waals surface area contributed by atoms with Gasteiger partial charge >= 0.3 is 5.97 Å². The third-order valence-electron chi connectivity index (χ3n) is 7.09. The molecule has 1 aliphatic rings. The van der Waals surface area contributed by atoms with Crippen LogP contribution in [0.15, 0.2) is 24.3 Å². The number of anilines is 1. The second-order valence-corrected chi connectivity index (χ2v) is 12.1. The van der Waals surface area contributed by atoms with Gasteiger partial charge in [-0.3, -0.25) is 4.79 Å². The molecule has 0 unspecified atom stereocenters. The minimum Gasteiger partial charge on any atom is -0.479 e. The predicted octanol–water partition coefficient (Wildman–Crippen LogP) is 4.98. The number of aromatic nitrogens is 3. The largest absolute Gasteiger partial charge is 0.479 e. The van der Waals surface area contributed by atoms with E-state index in [4.69, 9.17) is 4.74 Å². The average Bonchev–Trinajstić information content (AvgIpc) is 3.25.